The van der Waals surface area contributed by atoms with Gasteiger partial charge in [0.15, 0.2) is 0 Å². The first-order valence-corrected chi connectivity index (χ1v) is 11.9. The zero-order valence-electron chi connectivity index (χ0n) is 20.2. The van der Waals surface area contributed by atoms with E-state index in [0.29, 0.717) is 24.0 Å². The first-order valence-electron chi connectivity index (χ1n) is 11.9. The minimum Gasteiger partial charge on any atom is -0.489 e. The van der Waals surface area contributed by atoms with Crippen molar-refractivity contribution in [1.29, 1.82) is 0 Å². The van der Waals surface area contributed by atoms with Gasteiger partial charge >= 0.3 is 5.97 Å². The molecule has 2 aromatic carbocycles. The van der Waals surface area contributed by atoms with E-state index in [1.165, 1.54) is 5.56 Å². The molecule has 2 heterocycles. The molecule has 0 unspecified atom stereocenters. The van der Waals surface area contributed by atoms with E-state index >= 15 is 0 Å². The van der Waals surface area contributed by atoms with Gasteiger partial charge in [-0.2, -0.15) is 0 Å². The van der Waals surface area contributed by atoms with Crippen LogP contribution in [-0.4, -0.2) is 48.1 Å². The molecule has 34 heavy (non-hydrogen) atoms. The second-order valence-corrected chi connectivity index (χ2v) is 9.05. The summed E-state index contributed by atoms with van der Waals surface area (Å²) in [4.78, 5) is 21.6. The number of rotatable bonds is 9. The molecule has 4 rings (SSSR count). The van der Waals surface area contributed by atoms with E-state index in [4.69, 9.17) is 9.47 Å². The summed E-state index contributed by atoms with van der Waals surface area (Å²) in [5.41, 5.74) is 2.90. The quantitative estimate of drug-likeness (QED) is 0.423. The van der Waals surface area contributed by atoms with Crippen molar-refractivity contribution in [2.24, 2.45) is 0 Å². The lowest BCUT2D eigenvalue weighted by atomic mass is 10.1. The van der Waals surface area contributed by atoms with E-state index in [1.807, 2.05) is 44.2 Å². The number of anilines is 1. The number of carbonyl (C=O) groups is 1. The summed E-state index contributed by atoms with van der Waals surface area (Å²) in [5, 5.41) is 0. The Hall–Kier alpha value is -3.38. The molecule has 1 aromatic heterocycles. The molecule has 0 N–H and O–H groups in total. The summed E-state index contributed by atoms with van der Waals surface area (Å²) >= 11 is 0. The van der Waals surface area contributed by atoms with Crippen LogP contribution >= 0.6 is 0 Å². The predicted octanol–water partition coefficient (Wildman–Crippen LogP) is 4.94. The van der Waals surface area contributed by atoms with Crippen LogP contribution in [0.4, 0.5) is 5.82 Å². The second-order valence-electron chi connectivity index (χ2n) is 9.05. The van der Waals surface area contributed by atoms with Crippen molar-refractivity contribution in [3.63, 3.8) is 0 Å². The van der Waals surface area contributed by atoms with Crippen LogP contribution in [0.3, 0.4) is 0 Å². The van der Waals surface area contributed by atoms with Gasteiger partial charge in [0.25, 0.3) is 0 Å². The number of hydrogen-bond acceptors (Lipinski definition) is 6. The van der Waals surface area contributed by atoms with Crippen molar-refractivity contribution >= 4 is 11.8 Å². The van der Waals surface area contributed by atoms with Crippen molar-refractivity contribution in [2.75, 3.05) is 25.0 Å². The maximum atomic E-state index is 12.6. The molecule has 0 aliphatic carbocycles. The number of carbonyl (C=O) groups excluding carboxylic acids is 1. The normalized spacial score (nSPS) is 15.7. The highest BCUT2D eigenvalue weighted by molar-refractivity contribution is 5.94. The van der Waals surface area contributed by atoms with Gasteiger partial charge in [-0.05, 0) is 62.7 Å². The number of pyridine rings is 1. The van der Waals surface area contributed by atoms with Crippen LogP contribution in [0.25, 0.3) is 0 Å². The number of likely N-dealkylation sites (N-methyl/N-ethyl adjacent to an activating group) is 1. The molecular weight excluding hydrogens is 426 g/mol. The van der Waals surface area contributed by atoms with Crippen molar-refractivity contribution < 1.29 is 14.3 Å². The zero-order chi connectivity index (χ0) is 23.9. The fourth-order valence-electron chi connectivity index (χ4n) is 4.27. The van der Waals surface area contributed by atoms with Crippen molar-refractivity contribution in [2.45, 2.75) is 45.6 Å². The van der Waals surface area contributed by atoms with Crippen molar-refractivity contribution in [3.8, 4) is 5.75 Å². The van der Waals surface area contributed by atoms with Gasteiger partial charge in [-0.3, -0.25) is 4.90 Å². The molecule has 1 aliphatic heterocycles. The lowest BCUT2D eigenvalue weighted by molar-refractivity contribution is 0.0378. The molecule has 1 saturated heterocycles. The van der Waals surface area contributed by atoms with Crippen LogP contribution in [0.2, 0.25) is 0 Å². The summed E-state index contributed by atoms with van der Waals surface area (Å²) in [6, 6.07) is 22.4. The Kier molecular flexibility index (Phi) is 7.80. The van der Waals surface area contributed by atoms with E-state index in [9.17, 15) is 4.79 Å². The van der Waals surface area contributed by atoms with Crippen LogP contribution < -0.4 is 9.64 Å². The van der Waals surface area contributed by atoms with Gasteiger partial charge in [-0.25, -0.2) is 9.78 Å². The van der Waals surface area contributed by atoms with Gasteiger partial charge in [0, 0.05) is 31.9 Å². The Morgan fingerprint density at radius 2 is 1.88 bits per heavy atom. The first kappa shape index (κ1) is 23.8. The van der Waals surface area contributed by atoms with Crippen LogP contribution in [0.1, 0.15) is 41.8 Å². The van der Waals surface area contributed by atoms with Crippen LogP contribution in [0.15, 0.2) is 72.9 Å². The van der Waals surface area contributed by atoms with Crippen molar-refractivity contribution in [3.05, 3.63) is 89.6 Å². The molecule has 1 fully saturated rings. The molecule has 0 spiro atoms. The highest BCUT2D eigenvalue weighted by Gasteiger charge is 2.29. The molecular formula is C28H33N3O3. The van der Waals surface area contributed by atoms with E-state index in [1.54, 1.807) is 18.3 Å². The summed E-state index contributed by atoms with van der Waals surface area (Å²) < 4.78 is 11.4. The number of ether oxygens (including phenoxy) is 2. The molecule has 3 aromatic rings. The Bertz CT molecular complexity index is 1090. The third-order valence-corrected chi connectivity index (χ3v) is 6.01. The maximum absolute atomic E-state index is 12.6. The third kappa shape index (κ3) is 6.14. The molecule has 1 aliphatic rings. The second kappa shape index (κ2) is 11.2. The lowest BCUT2D eigenvalue weighted by Gasteiger charge is -2.26. The topological polar surface area (TPSA) is 54.9 Å². The SMILES string of the molecule is CC(C)OC(=O)c1cccnc1N1CC[C@H](N(C)Cc2cccc(OCc3ccccc3)c2)C1. The minimum absolute atomic E-state index is 0.162. The minimum atomic E-state index is -0.317. The molecule has 6 heteroatoms. The first-order chi connectivity index (χ1) is 16.5. The number of esters is 1. The Morgan fingerprint density at radius 3 is 2.68 bits per heavy atom. The molecule has 6 nitrogen and oxygen atoms in total. The maximum Gasteiger partial charge on any atom is 0.342 e. The average molecular weight is 460 g/mol. The van der Waals surface area contributed by atoms with Crippen LogP contribution in [0.5, 0.6) is 5.75 Å². The van der Waals surface area contributed by atoms with E-state index < -0.39 is 0 Å². The molecule has 0 bridgehead atoms. The summed E-state index contributed by atoms with van der Waals surface area (Å²) in [5.74, 6) is 1.27. The summed E-state index contributed by atoms with van der Waals surface area (Å²) in [6.45, 7) is 6.77. The zero-order valence-corrected chi connectivity index (χ0v) is 20.2. The van der Waals surface area contributed by atoms with Gasteiger partial charge in [0.2, 0.25) is 0 Å². The smallest absolute Gasteiger partial charge is 0.342 e. The molecule has 0 amide bonds. The fourth-order valence-corrected chi connectivity index (χ4v) is 4.27. The summed E-state index contributed by atoms with van der Waals surface area (Å²) in [6.07, 6.45) is 2.58. The standard InChI is InChI=1S/C28H33N3O3/c1-21(2)34-28(32)26-13-8-15-29-27(26)31-16-14-24(19-31)30(3)18-23-11-7-12-25(17-23)33-20-22-9-5-4-6-10-22/h4-13,15,17,21,24H,14,16,18-20H2,1-3H3/t24-/m0/s1. The monoisotopic (exact) mass is 459 g/mol. The van der Waals surface area contributed by atoms with Gasteiger partial charge in [0.1, 0.15) is 23.7 Å². The van der Waals surface area contributed by atoms with Crippen LogP contribution in [0, 0.1) is 0 Å². The Labute approximate surface area is 202 Å². The Morgan fingerprint density at radius 1 is 1.09 bits per heavy atom. The molecule has 0 saturated carbocycles. The fraction of sp³-hybridized carbons (Fsp3) is 0.357. The third-order valence-electron chi connectivity index (χ3n) is 6.01. The average Bonchev–Trinajstić information content (AvgIpc) is 3.34. The van der Waals surface area contributed by atoms with Crippen LogP contribution in [-0.2, 0) is 17.9 Å². The van der Waals surface area contributed by atoms with Crippen molar-refractivity contribution in [1.82, 2.24) is 9.88 Å². The molecule has 1 atom stereocenters. The summed E-state index contributed by atoms with van der Waals surface area (Å²) in [7, 11) is 2.15. The van der Waals surface area contributed by atoms with E-state index in [0.717, 1.165) is 37.4 Å². The number of aromatic nitrogens is 1. The van der Waals surface area contributed by atoms with Gasteiger partial charge in [-0.15, -0.1) is 0 Å². The molecule has 0 radical (unpaired) electrons. The number of nitrogens with zero attached hydrogens (tertiary/aromatic N) is 3. The van der Waals surface area contributed by atoms with E-state index in [2.05, 4.69) is 46.1 Å². The largest absolute Gasteiger partial charge is 0.489 e. The van der Waals surface area contributed by atoms with Gasteiger partial charge in [0.05, 0.1) is 6.10 Å². The Balaban J connectivity index is 1.36. The highest BCUT2D eigenvalue weighted by atomic mass is 16.5. The van der Waals surface area contributed by atoms with Gasteiger partial charge in [-0.1, -0.05) is 42.5 Å². The molecule has 178 valence electrons. The number of hydrogen-bond donors (Lipinski definition) is 0. The van der Waals surface area contributed by atoms with E-state index in [-0.39, 0.29) is 12.1 Å². The lowest BCUT2D eigenvalue weighted by Crippen LogP contribution is -2.34. The predicted molar refractivity (Wildman–Crippen MR) is 134 cm³/mol. The van der Waals surface area contributed by atoms with Gasteiger partial charge < -0.3 is 14.4 Å². The highest BCUT2D eigenvalue weighted by Crippen LogP contribution is 2.26. The number of benzene rings is 2.